The first-order valence-electron chi connectivity index (χ1n) is 15.2. The molecule has 2 atom stereocenters. The Morgan fingerprint density at radius 3 is 2.51 bits per heavy atom. The smallest absolute Gasteiger partial charge is 0.264 e. The summed E-state index contributed by atoms with van der Waals surface area (Å²) in [6.07, 6.45) is 7.71. The maximum Gasteiger partial charge on any atom is 0.264 e. The third-order valence-electron chi connectivity index (χ3n) is 8.40. The van der Waals surface area contributed by atoms with Gasteiger partial charge >= 0.3 is 0 Å². The van der Waals surface area contributed by atoms with E-state index in [0.29, 0.717) is 49.2 Å². The van der Waals surface area contributed by atoms with Crippen molar-refractivity contribution >= 4 is 28.9 Å². The van der Waals surface area contributed by atoms with Crippen LogP contribution >= 0.6 is 0 Å². The molecule has 1 aromatic heterocycles. The largest absolute Gasteiger partial charge is 0.396 e. The fourth-order valence-corrected chi connectivity index (χ4v) is 5.90. The Kier molecular flexibility index (Phi) is 8.68. The average Bonchev–Trinajstić information content (AvgIpc) is 3.61. The zero-order valence-corrected chi connectivity index (χ0v) is 25.2. The number of anilines is 2. The van der Waals surface area contributed by atoms with Gasteiger partial charge in [0.25, 0.3) is 5.91 Å². The second-order valence-corrected chi connectivity index (χ2v) is 11.4. The van der Waals surface area contributed by atoms with Crippen molar-refractivity contribution < 1.29 is 19.8 Å². The third-order valence-corrected chi connectivity index (χ3v) is 8.40. The number of aryl methyl sites for hydroxylation is 1. The van der Waals surface area contributed by atoms with Crippen LogP contribution in [0.15, 0.2) is 102 Å². The number of benzene rings is 3. The van der Waals surface area contributed by atoms with Crippen LogP contribution < -0.4 is 9.91 Å². The molecule has 3 aromatic carbocycles. The Hall–Kier alpha value is -4.93. The van der Waals surface area contributed by atoms with Crippen LogP contribution in [0.1, 0.15) is 48.6 Å². The number of aliphatic hydroxyl groups is 2. The maximum absolute atomic E-state index is 13.9. The van der Waals surface area contributed by atoms with E-state index in [-0.39, 0.29) is 25.0 Å². The standard InChI is InChI=1S/C35H36N6O4/c1-25(9-7-8-21-39-24-28(20-22-42)36-38-39)35(45)30-12-5-6-13-32(30)40(34(35)44)23-26-14-16-29(17-15-26)41-33(43)19-18-31(37-41)27-10-3-2-4-11-27/h2-7,9-17,24-25,42,45H,8,18-23H2,1H3/b9-7+/t25-,35+/m1/s1. The van der Waals surface area contributed by atoms with E-state index in [1.807, 2.05) is 104 Å². The van der Waals surface area contributed by atoms with Gasteiger partial charge in [0, 0.05) is 50.1 Å². The van der Waals surface area contributed by atoms with Crippen LogP contribution in [0.2, 0.25) is 0 Å². The summed E-state index contributed by atoms with van der Waals surface area (Å²) in [7, 11) is 0. The van der Waals surface area contributed by atoms with Crippen molar-refractivity contribution in [2.24, 2.45) is 11.0 Å². The van der Waals surface area contributed by atoms with E-state index in [9.17, 15) is 14.7 Å². The third kappa shape index (κ3) is 6.07. The Morgan fingerprint density at radius 2 is 1.73 bits per heavy atom. The molecule has 2 amide bonds. The molecule has 0 aliphatic carbocycles. The number of carbonyl (C=O) groups excluding carboxylic acids is 2. The highest BCUT2D eigenvalue weighted by Crippen LogP contribution is 2.45. The van der Waals surface area contributed by atoms with Crippen molar-refractivity contribution in [3.05, 3.63) is 120 Å². The fourth-order valence-electron chi connectivity index (χ4n) is 5.90. The van der Waals surface area contributed by atoms with Crippen molar-refractivity contribution in [1.82, 2.24) is 15.0 Å². The number of nitrogens with zero attached hydrogens (tertiary/aromatic N) is 6. The molecule has 4 aromatic rings. The summed E-state index contributed by atoms with van der Waals surface area (Å²) in [5, 5.41) is 35.2. The number of rotatable bonds is 11. The predicted molar refractivity (Wildman–Crippen MR) is 171 cm³/mol. The lowest BCUT2D eigenvalue weighted by Gasteiger charge is -2.28. The van der Waals surface area contributed by atoms with E-state index in [1.165, 1.54) is 5.01 Å². The molecule has 0 saturated heterocycles. The van der Waals surface area contributed by atoms with Gasteiger partial charge in [0.1, 0.15) is 0 Å². The van der Waals surface area contributed by atoms with Crippen LogP contribution in [0.25, 0.3) is 0 Å². The number of para-hydroxylation sites is 1. The second kappa shape index (κ2) is 13.0. The van der Waals surface area contributed by atoms with Gasteiger partial charge < -0.3 is 15.1 Å². The number of fused-ring (bicyclic) bond motifs is 1. The highest BCUT2D eigenvalue weighted by Gasteiger charge is 2.52. The van der Waals surface area contributed by atoms with E-state index >= 15 is 0 Å². The Bertz CT molecular complexity index is 1730. The molecule has 0 radical (unpaired) electrons. The Labute approximate surface area is 261 Å². The molecule has 2 aliphatic heterocycles. The lowest BCUT2D eigenvalue weighted by Crippen LogP contribution is -2.44. The van der Waals surface area contributed by atoms with Crippen molar-refractivity contribution in [3.8, 4) is 0 Å². The Balaban J connectivity index is 1.16. The highest BCUT2D eigenvalue weighted by molar-refractivity contribution is 6.09. The number of aliphatic hydroxyl groups excluding tert-OH is 1. The Morgan fingerprint density at radius 1 is 0.978 bits per heavy atom. The van der Waals surface area contributed by atoms with Gasteiger partial charge in [-0.15, -0.1) is 5.10 Å². The fraction of sp³-hybridized carbons (Fsp3) is 0.286. The van der Waals surface area contributed by atoms with Crippen LogP contribution in [0.3, 0.4) is 0 Å². The van der Waals surface area contributed by atoms with Crippen LogP contribution in [-0.4, -0.2) is 49.3 Å². The van der Waals surface area contributed by atoms with Crippen LogP contribution in [-0.2, 0) is 34.7 Å². The zero-order valence-electron chi connectivity index (χ0n) is 25.2. The lowest BCUT2D eigenvalue weighted by molar-refractivity contribution is -0.139. The van der Waals surface area contributed by atoms with Gasteiger partial charge in [-0.1, -0.05) is 85.0 Å². The summed E-state index contributed by atoms with van der Waals surface area (Å²) in [6.45, 7) is 2.73. The zero-order chi connectivity index (χ0) is 31.4. The molecule has 0 unspecified atom stereocenters. The average molecular weight is 605 g/mol. The number of hydrogen-bond donors (Lipinski definition) is 2. The monoisotopic (exact) mass is 604 g/mol. The van der Waals surface area contributed by atoms with Crippen molar-refractivity contribution in [2.45, 2.75) is 51.3 Å². The minimum absolute atomic E-state index is 0.0250. The van der Waals surface area contributed by atoms with E-state index in [2.05, 4.69) is 15.4 Å². The summed E-state index contributed by atoms with van der Waals surface area (Å²) in [5.74, 6) is -0.926. The molecule has 2 N–H and O–H groups in total. The molecule has 10 heteroatoms. The van der Waals surface area contributed by atoms with Gasteiger partial charge in [-0.2, -0.15) is 5.10 Å². The minimum Gasteiger partial charge on any atom is -0.396 e. The first kappa shape index (κ1) is 30.1. The van der Waals surface area contributed by atoms with Crippen LogP contribution in [0, 0.1) is 5.92 Å². The summed E-state index contributed by atoms with van der Waals surface area (Å²) >= 11 is 0. The first-order valence-corrected chi connectivity index (χ1v) is 15.2. The highest BCUT2D eigenvalue weighted by atomic mass is 16.3. The molecular formula is C35H36N6O4. The number of amides is 2. The number of carbonyl (C=O) groups is 2. The van der Waals surface area contributed by atoms with E-state index in [4.69, 9.17) is 5.11 Å². The van der Waals surface area contributed by atoms with Crippen molar-refractivity contribution in [2.75, 3.05) is 16.5 Å². The molecule has 10 nitrogen and oxygen atoms in total. The minimum atomic E-state index is -1.71. The number of allylic oxidation sites excluding steroid dienone is 1. The quantitative estimate of drug-likeness (QED) is 0.245. The van der Waals surface area contributed by atoms with E-state index < -0.39 is 11.5 Å². The van der Waals surface area contributed by atoms with E-state index in [1.54, 1.807) is 9.58 Å². The summed E-state index contributed by atoms with van der Waals surface area (Å²) < 4.78 is 1.72. The van der Waals surface area contributed by atoms with Crippen molar-refractivity contribution in [1.29, 1.82) is 0 Å². The number of aromatic nitrogens is 3. The molecule has 0 bridgehead atoms. The molecule has 0 spiro atoms. The normalized spacial score (nSPS) is 18.9. The topological polar surface area (TPSA) is 124 Å². The maximum atomic E-state index is 13.9. The molecule has 230 valence electrons. The van der Waals surface area contributed by atoms with Crippen molar-refractivity contribution in [3.63, 3.8) is 0 Å². The van der Waals surface area contributed by atoms with E-state index in [0.717, 1.165) is 22.5 Å². The lowest BCUT2D eigenvalue weighted by atomic mass is 9.83. The molecule has 0 fully saturated rings. The summed E-state index contributed by atoms with van der Waals surface area (Å²) in [5.41, 5.74) is 3.67. The molecule has 2 aliphatic rings. The SMILES string of the molecule is C[C@H](/C=C/CCn1cc(CCO)nn1)[C@@]1(O)C(=O)N(Cc2ccc(N3N=C(c4ccccc4)CCC3=O)cc2)c2ccccc21. The number of hydrogen-bond acceptors (Lipinski definition) is 7. The van der Waals surface area contributed by atoms with Crippen LogP contribution in [0.5, 0.6) is 0 Å². The predicted octanol–water partition coefficient (Wildman–Crippen LogP) is 4.36. The second-order valence-electron chi connectivity index (χ2n) is 11.4. The van der Waals surface area contributed by atoms with Gasteiger partial charge in [-0.3, -0.25) is 14.3 Å². The molecule has 0 saturated carbocycles. The summed E-state index contributed by atoms with van der Waals surface area (Å²) in [4.78, 5) is 28.3. The molecule has 6 rings (SSSR count). The molecular weight excluding hydrogens is 568 g/mol. The summed E-state index contributed by atoms with van der Waals surface area (Å²) in [6, 6.07) is 24.7. The molecule has 3 heterocycles. The van der Waals surface area contributed by atoms with Gasteiger partial charge in [0.05, 0.1) is 29.3 Å². The van der Waals surface area contributed by atoms with Crippen LogP contribution in [0.4, 0.5) is 11.4 Å². The first-order chi connectivity index (χ1) is 21.9. The van der Waals surface area contributed by atoms with Gasteiger partial charge in [0.15, 0.2) is 5.60 Å². The van der Waals surface area contributed by atoms with Gasteiger partial charge in [0.2, 0.25) is 5.91 Å². The molecule has 45 heavy (non-hydrogen) atoms. The number of hydrazone groups is 1. The van der Waals surface area contributed by atoms with Gasteiger partial charge in [-0.05, 0) is 35.7 Å². The van der Waals surface area contributed by atoms with Gasteiger partial charge in [-0.25, -0.2) is 5.01 Å².